The fourth-order valence-electron chi connectivity index (χ4n) is 5.05. The van der Waals surface area contributed by atoms with E-state index in [1.165, 1.54) is 12.1 Å². The second-order valence-electron chi connectivity index (χ2n) is 11.6. The van der Waals surface area contributed by atoms with E-state index in [1.807, 2.05) is 36.1 Å². The highest BCUT2D eigenvalue weighted by atomic mass is 35.5. The van der Waals surface area contributed by atoms with Gasteiger partial charge in [0, 0.05) is 42.5 Å². The molecular weight excluding hydrogens is 503 g/mol. The quantitative estimate of drug-likeness (QED) is 0.282. The normalized spacial score (nSPS) is 15.8. The van der Waals surface area contributed by atoms with Gasteiger partial charge in [0.15, 0.2) is 11.3 Å². The molecule has 0 spiro atoms. The number of carbonyl (C=O) groups is 1. The number of halogens is 2. The summed E-state index contributed by atoms with van der Waals surface area (Å²) in [5, 5.41) is 0.0583. The van der Waals surface area contributed by atoms with Crippen molar-refractivity contribution in [3.63, 3.8) is 0 Å². The van der Waals surface area contributed by atoms with Crippen LogP contribution in [0.1, 0.15) is 56.4 Å². The fraction of sp³-hybridized carbons (Fsp3) is 0.367. The summed E-state index contributed by atoms with van der Waals surface area (Å²) in [5.74, 6) is 0.476. The molecule has 1 aromatic carbocycles. The smallest absolute Gasteiger partial charge is 0.290 e. The Balaban J connectivity index is 1.50. The van der Waals surface area contributed by atoms with Crippen LogP contribution in [0.3, 0.4) is 0 Å². The predicted octanol–water partition coefficient (Wildman–Crippen LogP) is 7.03. The van der Waals surface area contributed by atoms with Crippen molar-refractivity contribution in [3.8, 4) is 11.3 Å². The molecule has 0 saturated carbocycles. The fourth-order valence-corrected chi connectivity index (χ4v) is 5.17. The number of benzene rings is 1. The number of nitrogens with zero attached hydrogens (tertiary/aromatic N) is 4. The Morgan fingerprint density at radius 2 is 1.84 bits per heavy atom. The maximum absolute atomic E-state index is 14.2. The highest BCUT2D eigenvalue weighted by molar-refractivity contribution is 6.30. The minimum absolute atomic E-state index is 0.0583. The minimum atomic E-state index is -0.506. The van der Waals surface area contributed by atoms with Crippen LogP contribution in [-0.4, -0.2) is 45.9 Å². The van der Waals surface area contributed by atoms with Gasteiger partial charge in [-0.3, -0.25) is 4.79 Å². The molecule has 6 nitrogen and oxygen atoms in total. The molecule has 1 fully saturated rings. The molecule has 1 amide bonds. The van der Waals surface area contributed by atoms with Gasteiger partial charge in [-0.25, -0.2) is 14.4 Å². The molecule has 3 aromatic heterocycles. The van der Waals surface area contributed by atoms with Gasteiger partial charge in [0.1, 0.15) is 17.2 Å². The van der Waals surface area contributed by atoms with Gasteiger partial charge < -0.3 is 14.2 Å². The number of rotatable bonds is 3. The van der Waals surface area contributed by atoms with Crippen LogP contribution in [0.2, 0.25) is 5.02 Å². The van der Waals surface area contributed by atoms with Crippen LogP contribution in [0, 0.1) is 12.7 Å². The second-order valence-corrected chi connectivity index (χ2v) is 12.0. The second kappa shape index (κ2) is 9.38. The molecule has 0 aliphatic carbocycles. The van der Waals surface area contributed by atoms with Crippen molar-refractivity contribution in [2.24, 2.45) is 0 Å². The Labute approximate surface area is 227 Å². The molecule has 5 rings (SSSR count). The molecule has 0 unspecified atom stereocenters. The average Bonchev–Trinajstić information content (AvgIpc) is 3.27. The number of furan rings is 1. The van der Waals surface area contributed by atoms with E-state index in [-0.39, 0.29) is 22.1 Å². The first kappa shape index (κ1) is 26.2. The molecule has 0 bridgehead atoms. The summed E-state index contributed by atoms with van der Waals surface area (Å²) < 4.78 is 20.4. The Morgan fingerprint density at radius 3 is 2.50 bits per heavy atom. The number of fused-ring (bicyclic) bond motifs is 1. The molecule has 1 aliphatic rings. The molecule has 1 aliphatic heterocycles. The average molecular weight is 535 g/mol. The van der Waals surface area contributed by atoms with Crippen molar-refractivity contribution in [2.75, 3.05) is 24.5 Å². The zero-order chi connectivity index (χ0) is 27.4. The van der Waals surface area contributed by atoms with Gasteiger partial charge >= 0.3 is 0 Å². The topological polar surface area (TPSA) is 62.5 Å². The van der Waals surface area contributed by atoms with E-state index in [1.54, 1.807) is 12.1 Å². The van der Waals surface area contributed by atoms with E-state index in [4.69, 9.17) is 21.0 Å². The van der Waals surface area contributed by atoms with Crippen molar-refractivity contribution in [3.05, 3.63) is 76.4 Å². The lowest BCUT2D eigenvalue weighted by molar-refractivity contribution is 0.0483. The molecular formula is C30H32ClFN4O2. The lowest BCUT2D eigenvalue weighted by atomic mass is 9.86. The zero-order valence-electron chi connectivity index (χ0n) is 22.6. The van der Waals surface area contributed by atoms with Gasteiger partial charge in [-0.15, -0.1) is 0 Å². The Bertz CT molecular complexity index is 1540. The van der Waals surface area contributed by atoms with Gasteiger partial charge in [0.2, 0.25) is 0 Å². The minimum Gasteiger partial charge on any atom is -0.449 e. The van der Waals surface area contributed by atoms with Gasteiger partial charge in [-0.1, -0.05) is 44.5 Å². The van der Waals surface area contributed by atoms with Gasteiger partial charge in [0.05, 0.1) is 16.3 Å². The van der Waals surface area contributed by atoms with Crippen molar-refractivity contribution in [1.29, 1.82) is 0 Å². The third-order valence-corrected chi connectivity index (χ3v) is 7.36. The number of hydrogen-bond donors (Lipinski definition) is 0. The lowest BCUT2D eigenvalue weighted by Crippen LogP contribution is -2.61. The maximum Gasteiger partial charge on any atom is 0.290 e. The first-order chi connectivity index (χ1) is 17.8. The van der Waals surface area contributed by atoms with Crippen LogP contribution >= 0.6 is 11.6 Å². The standard InChI is InChI=1S/C30H32ClFN4O2/c1-18-8-7-9-26(33-18)35-12-13-36(30(5,6)17-35)28(37)25-16-24-27(38-25)20(29(2,3)4)15-23(34-24)19-10-11-21(31)22(32)14-19/h7-11,14-16H,12-13,17H2,1-6H3. The summed E-state index contributed by atoms with van der Waals surface area (Å²) in [7, 11) is 0. The molecule has 38 heavy (non-hydrogen) atoms. The molecule has 0 atom stereocenters. The summed E-state index contributed by atoms with van der Waals surface area (Å²) in [6.07, 6.45) is 0. The molecule has 0 N–H and O–H groups in total. The summed E-state index contributed by atoms with van der Waals surface area (Å²) in [6, 6.07) is 14.2. The number of aromatic nitrogens is 2. The van der Waals surface area contributed by atoms with Crippen molar-refractivity contribution in [1.82, 2.24) is 14.9 Å². The number of piperazine rings is 1. The molecule has 4 heterocycles. The SMILES string of the molecule is Cc1cccc(N2CCN(C(=O)c3cc4nc(-c5ccc(Cl)c(F)c5)cc(C(C)(C)C)c4o3)C(C)(C)C2)n1. The van der Waals surface area contributed by atoms with Crippen LogP contribution in [0.15, 0.2) is 52.9 Å². The third-order valence-electron chi connectivity index (χ3n) is 7.06. The number of aryl methyl sites for hydroxylation is 1. The zero-order valence-corrected chi connectivity index (χ0v) is 23.4. The summed E-state index contributed by atoms with van der Waals surface area (Å²) >= 11 is 5.89. The van der Waals surface area contributed by atoms with E-state index < -0.39 is 11.4 Å². The van der Waals surface area contributed by atoms with Crippen LogP contribution < -0.4 is 4.90 Å². The summed E-state index contributed by atoms with van der Waals surface area (Å²) in [5.41, 5.74) is 3.43. The van der Waals surface area contributed by atoms with Crippen molar-refractivity contribution < 1.29 is 13.6 Å². The molecule has 8 heteroatoms. The maximum atomic E-state index is 14.2. The van der Waals surface area contributed by atoms with Crippen LogP contribution in [0.5, 0.6) is 0 Å². The van der Waals surface area contributed by atoms with Gasteiger partial charge in [-0.2, -0.15) is 0 Å². The molecule has 198 valence electrons. The first-order valence-electron chi connectivity index (χ1n) is 12.7. The molecule has 4 aromatic rings. The summed E-state index contributed by atoms with van der Waals surface area (Å²) in [6.45, 7) is 14.1. The van der Waals surface area contributed by atoms with E-state index in [9.17, 15) is 9.18 Å². The lowest BCUT2D eigenvalue weighted by Gasteiger charge is -2.47. The van der Waals surface area contributed by atoms with Crippen molar-refractivity contribution >= 4 is 34.4 Å². The van der Waals surface area contributed by atoms with E-state index >= 15 is 0 Å². The Kier molecular flexibility index (Phi) is 6.46. The number of anilines is 1. The number of carbonyl (C=O) groups excluding carboxylic acids is 1. The Morgan fingerprint density at radius 1 is 1.08 bits per heavy atom. The molecule has 0 radical (unpaired) electrons. The largest absolute Gasteiger partial charge is 0.449 e. The number of amides is 1. The van der Waals surface area contributed by atoms with Crippen molar-refractivity contribution in [2.45, 2.75) is 52.5 Å². The van der Waals surface area contributed by atoms with Crippen LogP contribution in [0.4, 0.5) is 10.2 Å². The molecule has 1 saturated heterocycles. The van der Waals surface area contributed by atoms with Crippen LogP contribution in [-0.2, 0) is 5.41 Å². The monoisotopic (exact) mass is 534 g/mol. The van der Waals surface area contributed by atoms with E-state index in [2.05, 4.69) is 44.5 Å². The Hall–Kier alpha value is -3.45. The summed E-state index contributed by atoms with van der Waals surface area (Å²) in [4.78, 5) is 27.3. The van der Waals surface area contributed by atoms with E-state index in [0.29, 0.717) is 42.0 Å². The predicted molar refractivity (Wildman–Crippen MR) is 149 cm³/mol. The van der Waals surface area contributed by atoms with E-state index in [0.717, 1.165) is 17.1 Å². The van der Waals surface area contributed by atoms with Crippen LogP contribution in [0.25, 0.3) is 22.4 Å². The van der Waals surface area contributed by atoms with Gasteiger partial charge in [0.25, 0.3) is 5.91 Å². The van der Waals surface area contributed by atoms with Gasteiger partial charge in [-0.05, 0) is 56.5 Å². The highest BCUT2D eigenvalue weighted by Crippen LogP contribution is 2.36. The number of pyridine rings is 2. The number of hydrogen-bond acceptors (Lipinski definition) is 5. The first-order valence-corrected chi connectivity index (χ1v) is 13.1. The highest BCUT2D eigenvalue weighted by Gasteiger charge is 2.39. The third kappa shape index (κ3) is 4.87.